The molecule has 6 heteroatoms. The summed E-state index contributed by atoms with van der Waals surface area (Å²) >= 11 is 5.84. The smallest absolute Gasteiger partial charge is 0.254 e. The van der Waals surface area contributed by atoms with Gasteiger partial charge in [-0.05, 0) is 6.08 Å². The van der Waals surface area contributed by atoms with Gasteiger partial charge in [0.2, 0.25) is 0 Å². The zero-order valence-electron chi connectivity index (χ0n) is 7.89. The first-order valence-corrected chi connectivity index (χ1v) is 5.00. The summed E-state index contributed by atoms with van der Waals surface area (Å²) in [6, 6.07) is 0. The average Bonchev–Trinajstić information content (AvgIpc) is 2.69. The topological polar surface area (TPSA) is 61.6 Å². The van der Waals surface area contributed by atoms with Crippen LogP contribution < -0.4 is 0 Å². The molecule has 1 fully saturated rings. The lowest BCUT2D eigenvalue weighted by Gasteiger charge is -2.21. The van der Waals surface area contributed by atoms with Crippen molar-refractivity contribution in [2.75, 3.05) is 13.2 Å². The second-order valence-electron chi connectivity index (χ2n) is 3.38. The average molecular weight is 232 g/mol. The predicted molar refractivity (Wildman–Crippen MR) is 52.8 cm³/mol. The Morgan fingerprint density at radius 3 is 2.67 bits per heavy atom. The van der Waals surface area contributed by atoms with Crippen LogP contribution >= 0.6 is 11.6 Å². The number of nitro groups is 1. The summed E-state index contributed by atoms with van der Waals surface area (Å²) in [4.78, 5) is 10.4. The van der Waals surface area contributed by atoms with E-state index in [0.717, 1.165) is 0 Å². The molecule has 15 heavy (non-hydrogen) atoms. The number of rotatable bonds is 2. The molecule has 1 atom stereocenters. The van der Waals surface area contributed by atoms with Crippen LogP contribution in [0.2, 0.25) is 0 Å². The fourth-order valence-electron chi connectivity index (χ4n) is 1.72. The van der Waals surface area contributed by atoms with Crippen molar-refractivity contribution in [3.8, 4) is 0 Å². The molecule has 1 heterocycles. The standard InChI is InChI=1S/C9H10ClNO4/c10-6-1-2-8(11(12)13)7(5-6)9-14-3-4-15-9/h1-2,7,9H,3-5H2. The molecule has 2 rings (SSSR count). The largest absolute Gasteiger partial charge is 0.349 e. The highest BCUT2D eigenvalue weighted by molar-refractivity contribution is 6.29. The van der Waals surface area contributed by atoms with E-state index in [1.807, 2.05) is 0 Å². The number of hydrogen-bond acceptors (Lipinski definition) is 4. The Balaban J connectivity index is 2.19. The van der Waals surface area contributed by atoms with E-state index >= 15 is 0 Å². The molecule has 0 aromatic rings. The molecular formula is C9H10ClNO4. The molecule has 1 saturated heterocycles. The summed E-state index contributed by atoms with van der Waals surface area (Å²) in [7, 11) is 0. The molecular weight excluding hydrogens is 222 g/mol. The monoisotopic (exact) mass is 231 g/mol. The minimum absolute atomic E-state index is 0.103. The third-order valence-electron chi connectivity index (χ3n) is 2.42. The highest BCUT2D eigenvalue weighted by Crippen LogP contribution is 2.33. The van der Waals surface area contributed by atoms with E-state index in [-0.39, 0.29) is 5.70 Å². The molecule has 0 bridgehead atoms. The van der Waals surface area contributed by atoms with Gasteiger partial charge in [0.15, 0.2) is 6.29 Å². The summed E-state index contributed by atoms with van der Waals surface area (Å²) < 4.78 is 10.5. The number of allylic oxidation sites excluding steroid dienone is 3. The van der Waals surface area contributed by atoms with Crippen LogP contribution in [-0.4, -0.2) is 24.4 Å². The maximum absolute atomic E-state index is 10.8. The molecule has 82 valence electrons. The first kappa shape index (κ1) is 10.6. The van der Waals surface area contributed by atoms with Crippen molar-refractivity contribution < 1.29 is 14.4 Å². The van der Waals surface area contributed by atoms with Gasteiger partial charge in [-0.3, -0.25) is 10.1 Å². The van der Waals surface area contributed by atoms with Crippen LogP contribution in [0.15, 0.2) is 22.9 Å². The number of halogens is 1. The number of hydrogen-bond donors (Lipinski definition) is 0. The van der Waals surface area contributed by atoms with Gasteiger partial charge in [-0.1, -0.05) is 11.6 Å². The third kappa shape index (κ3) is 2.19. The lowest BCUT2D eigenvalue weighted by Crippen LogP contribution is -2.28. The van der Waals surface area contributed by atoms with Gasteiger partial charge in [0.1, 0.15) is 5.92 Å². The molecule has 1 aliphatic carbocycles. The first-order valence-electron chi connectivity index (χ1n) is 4.62. The second kappa shape index (κ2) is 4.30. The number of nitrogens with zero attached hydrogens (tertiary/aromatic N) is 1. The zero-order chi connectivity index (χ0) is 10.8. The van der Waals surface area contributed by atoms with E-state index in [1.165, 1.54) is 6.08 Å². The van der Waals surface area contributed by atoms with Crippen LogP contribution in [0.5, 0.6) is 0 Å². The summed E-state index contributed by atoms with van der Waals surface area (Å²) in [5.41, 5.74) is 0.103. The molecule has 5 nitrogen and oxygen atoms in total. The van der Waals surface area contributed by atoms with E-state index < -0.39 is 17.1 Å². The molecule has 0 spiro atoms. The van der Waals surface area contributed by atoms with Crippen LogP contribution in [0.1, 0.15) is 6.42 Å². The van der Waals surface area contributed by atoms with Gasteiger partial charge in [0.25, 0.3) is 5.70 Å². The van der Waals surface area contributed by atoms with Crippen molar-refractivity contribution in [3.63, 3.8) is 0 Å². The first-order chi connectivity index (χ1) is 7.18. The van der Waals surface area contributed by atoms with Gasteiger partial charge in [-0.25, -0.2) is 0 Å². The predicted octanol–water partition coefficient (Wildman–Crippen LogP) is 1.66. The summed E-state index contributed by atoms with van der Waals surface area (Å²) in [5.74, 6) is -0.403. The van der Waals surface area contributed by atoms with Gasteiger partial charge >= 0.3 is 0 Å². The SMILES string of the molecule is O=[N+]([O-])C1=CC=C(Cl)CC1C1OCCO1. The van der Waals surface area contributed by atoms with E-state index in [4.69, 9.17) is 21.1 Å². The van der Waals surface area contributed by atoms with Crippen molar-refractivity contribution >= 4 is 11.6 Å². The normalized spacial score (nSPS) is 27.4. The Morgan fingerprint density at radius 1 is 1.40 bits per heavy atom. The Kier molecular flexibility index (Phi) is 3.04. The quantitative estimate of drug-likeness (QED) is 0.536. The fourth-order valence-corrected chi connectivity index (χ4v) is 1.95. The van der Waals surface area contributed by atoms with E-state index in [1.54, 1.807) is 6.08 Å². The van der Waals surface area contributed by atoms with Crippen LogP contribution in [0, 0.1) is 16.0 Å². The van der Waals surface area contributed by atoms with Crippen molar-refractivity contribution in [2.24, 2.45) is 5.92 Å². The molecule has 2 aliphatic rings. The Bertz CT molecular complexity index is 333. The molecule has 0 N–H and O–H groups in total. The molecule has 1 unspecified atom stereocenters. The summed E-state index contributed by atoms with van der Waals surface area (Å²) in [6.07, 6.45) is 2.83. The Labute approximate surface area is 91.5 Å². The molecule has 0 saturated carbocycles. The third-order valence-corrected chi connectivity index (χ3v) is 2.70. The Hall–Kier alpha value is -0.910. The van der Waals surface area contributed by atoms with Gasteiger partial charge in [-0.2, -0.15) is 0 Å². The van der Waals surface area contributed by atoms with E-state index in [0.29, 0.717) is 24.7 Å². The molecule has 0 radical (unpaired) electrons. The maximum Gasteiger partial charge on any atom is 0.254 e. The van der Waals surface area contributed by atoms with Crippen LogP contribution in [0.3, 0.4) is 0 Å². The highest BCUT2D eigenvalue weighted by Gasteiger charge is 2.38. The van der Waals surface area contributed by atoms with E-state index in [9.17, 15) is 10.1 Å². The van der Waals surface area contributed by atoms with Gasteiger partial charge in [0, 0.05) is 17.5 Å². The van der Waals surface area contributed by atoms with Crippen molar-refractivity contribution in [2.45, 2.75) is 12.7 Å². The zero-order valence-corrected chi connectivity index (χ0v) is 8.64. The van der Waals surface area contributed by atoms with Crippen molar-refractivity contribution in [1.29, 1.82) is 0 Å². The van der Waals surface area contributed by atoms with Crippen molar-refractivity contribution in [1.82, 2.24) is 0 Å². The van der Waals surface area contributed by atoms with Gasteiger partial charge in [-0.15, -0.1) is 0 Å². The minimum atomic E-state index is -0.538. The highest BCUT2D eigenvalue weighted by atomic mass is 35.5. The molecule has 0 amide bonds. The molecule has 0 aromatic heterocycles. The fraction of sp³-hybridized carbons (Fsp3) is 0.556. The lowest BCUT2D eigenvalue weighted by molar-refractivity contribution is -0.438. The van der Waals surface area contributed by atoms with Crippen LogP contribution in [-0.2, 0) is 9.47 Å². The maximum atomic E-state index is 10.8. The van der Waals surface area contributed by atoms with Crippen LogP contribution in [0.4, 0.5) is 0 Å². The Morgan fingerprint density at radius 2 is 2.07 bits per heavy atom. The number of ether oxygens (including phenoxy) is 2. The molecule has 1 aliphatic heterocycles. The molecule has 0 aromatic carbocycles. The van der Waals surface area contributed by atoms with Gasteiger partial charge in [0.05, 0.1) is 18.1 Å². The summed E-state index contributed by atoms with van der Waals surface area (Å²) in [5, 5.41) is 11.4. The van der Waals surface area contributed by atoms with E-state index in [2.05, 4.69) is 0 Å². The summed E-state index contributed by atoms with van der Waals surface area (Å²) in [6.45, 7) is 0.959. The second-order valence-corrected chi connectivity index (χ2v) is 3.87. The van der Waals surface area contributed by atoms with Crippen molar-refractivity contribution in [3.05, 3.63) is 33.0 Å². The minimum Gasteiger partial charge on any atom is -0.349 e. The lowest BCUT2D eigenvalue weighted by atomic mass is 9.96. The van der Waals surface area contributed by atoms with Gasteiger partial charge < -0.3 is 9.47 Å². The van der Waals surface area contributed by atoms with Crippen LogP contribution in [0.25, 0.3) is 0 Å².